The average molecular weight is 109 g/mol. The molecule has 2 rings (SSSR count). The summed E-state index contributed by atoms with van der Waals surface area (Å²) >= 11 is 0. The molecule has 0 N–H and O–H groups in total. The molecular formula is C7H11N. The van der Waals surface area contributed by atoms with Gasteiger partial charge in [0, 0.05) is 0 Å². The quantitative estimate of drug-likeness (QED) is 0.420. The van der Waals surface area contributed by atoms with Gasteiger partial charge < -0.3 is 0 Å². The number of likely N-dealkylation sites (tertiary alicyclic amines) is 1. The largest absolute Gasteiger partial charge is 0.294 e. The lowest BCUT2D eigenvalue weighted by atomic mass is 10.2. The molecule has 0 radical (unpaired) electrons. The van der Waals surface area contributed by atoms with Crippen molar-refractivity contribution in [1.82, 2.24) is 4.90 Å². The van der Waals surface area contributed by atoms with Crippen molar-refractivity contribution < 1.29 is 0 Å². The van der Waals surface area contributed by atoms with Crippen molar-refractivity contribution in [2.75, 3.05) is 13.6 Å². The van der Waals surface area contributed by atoms with Crippen LogP contribution in [0.25, 0.3) is 0 Å². The van der Waals surface area contributed by atoms with E-state index in [1.165, 1.54) is 19.4 Å². The Morgan fingerprint density at radius 2 is 2.25 bits per heavy atom. The van der Waals surface area contributed by atoms with Crippen molar-refractivity contribution in [3.63, 3.8) is 0 Å². The van der Waals surface area contributed by atoms with Gasteiger partial charge in [0.25, 0.3) is 0 Å². The summed E-state index contributed by atoms with van der Waals surface area (Å²) in [6.45, 7) is 1.28. The fourth-order valence-electron chi connectivity index (χ4n) is 1.52. The second kappa shape index (κ2) is 1.16. The molecule has 44 valence electrons. The molecule has 0 saturated carbocycles. The highest BCUT2D eigenvalue weighted by molar-refractivity contribution is 5.35. The van der Waals surface area contributed by atoms with Gasteiger partial charge in [0.2, 0.25) is 0 Å². The molecule has 0 atom stereocenters. The van der Waals surface area contributed by atoms with E-state index in [9.17, 15) is 0 Å². The lowest BCUT2D eigenvalue weighted by Crippen LogP contribution is -2.27. The molecular weight excluding hydrogens is 98.1 g/mol. The number of hydrogen-bond donors (Lipinski definition) is 0. The summed E-state index contributed by atoms with van der Waals surface area (Å²) in [5.41, 5.74) is 0.486. The van der Waals surface area contributed by atoms with Crippen LogP contribution in [0.3, 0.4) is 0 Å². The van der Waals surface area contributed by atoms with Crippen LogP contribution >= 0.6 is 0 Å². The van der Waals surface area contributed by atoms with Crippen LogP contribution in [0, 0.1) is 0 Å². The van der Waals surface area contributed by atoms with Gasteiger partial charge in [-0.1, -0.05) is 12.2 Å². The predicted octanol–water partition coefficient (Wildman–Crippen LogP) is 1.02. The number of nitrogens with zero attached hydrogens (tertiary/aromatic N) is 1. The Morgan fingerprint density at radius 3 is 2.50 bits per heavy atom. The van der Waals surface area contributed by atoms with E-state index in [0.717, 1.165) is 0 Å². The maximum atomic E-state index is 2.42. The van der Waals surface area contributed by atoms with Crippen LogP contribution in [0.5, 0.6) is 0 Å². The summed E-state index contributed by atoms with van der Waals surface area (Å²) in [6, 6.07) is 0. The fourth-order valence-corrected chi connectivity index (χ4v) is 1.52. The second-order valence-corrected chi connectivity index (χ2v) is 2.85. The number of hydrogen-bond acceptors (Lipinski definition) is 1. The summed E-state index contributed by atoms with van der Waals surface area (Å²) in [6.07, 6.45) is 7.35. The smallest absolute Gasteiger partial charge is 0.0574 e. The van der Waals surface area contributed by atoms with Crippen LogP contribution < -0.4 is 0 Å². The molecule has 8 heavy (non-hydrogen) atoms. The molecule has 1 aliphatic carbocycles. The zero-order valence-corrected chi connectivity index (χ0v) is 5.22. The first-order valence-electron chi connectivity index (χ1n) is 3.25. The van der Waals surface area contributed by atoms with E-state index in [0.29, 0.717) is 5.54 Å². The molecule has 1 nitrogen and oxygen atoms in total. The maximum absolute atomic E-state index is 2.42. The molecule has 1 spiro atoms. The third-order valence-corrected chi connectivity index (χ3v) is 2.33. The Morgan fingerprint density at radius 1 is 1.50 bits per heavy atom. The first kappa shape index (κ1) is 4.57. The molecule has 2 aliphatic rings. The van der Waals surface area contributed by atoms with Crippen molar-refractivity contribution in [1.29, 1.82) is 0 Å². The van der Waals surface area contributed by atoms with Crippen LogP contribution in [0.15, 0.2) is 12.2 Å². The van der Waals surface area contributed by atoms with Gasteiger partial charge >= 0.3 is 0 Å². The van der Waals surface area contributed by atoms with Gasteiger partial charge in [0.15, 0.2) is 0 Å². The van der Waals surface area contributed by atoms with Gasteiger partial charge in [0.05, 0.1) is 5.54 Å². The van der Waals surface area contributed by atoms with Crippen LogP contribution in [-0.4, -0.2) is 24.0 Å². The molecule has 1 heterocycles. The zero-order chi connectivity index (χ0) is 5.61. The molecule has 0 aromatic carbocycles. The van der Waals surface area contributed by atoms with Crippen LogP contribution in [0.2, 0.25) is 0 Å². The van der Waals surface area contributed by atoms with Crippen LogP contribution in [0.4, 0.5) is 0 Å². The Bertz CT molecular complexity index is 131. The Balaban J connectivity index is 2.14. The molecule has 0 amide bonds. The molecule has 0 bridgehead atoms. The highest BCUT2D eigenvalue weighted by Gasteiger charge is 2.41. The summed E-state index contributed by atoms with van der Waals surface area (Å²) < 4.78 is 0. The van der Waals surface area contributed by atoms with Gasteiger partial charge in [-0.2, -0.15) is 0 Å². The average Bonchev–Trinajstić information content (AvgIpc) is 2.39. The van der Waals surface area contributed by atoms with Gasteiger partial charge in [-0.05, 0) is 26.4 Å². The third-order valence-electron chi connectivity index (χ3n) is 2.33. The highest BCUT2D eigenvalue weighted by Crippen LogP contribution is 2.39. The lowest BCUT2D eigenvalue weighted by Gasteiger charge is -2.17. The van der Waals surface area contributed by atoms with E-state index in [1.54, 1.807) is 0 Å². The minimum atomic E-state index is 0.486. The Labute approximate surface area is 50.0 Å². The first-order valence-corrected chi connectivity index (χ1v) is 3.25. The number of rotatable bonds is 0. The van der Waals surface area contributed by atoms with E-state index in [-0.39, 0.29) is 0 Å². The third kappa shape index (κ3) is 0.402. The molecule has 0 aromatic heterocycles. The monoisotopic (exact) mass is 109 g/mol. The van der Waals surface area contributed by atoms with Crippen molar-refractivity contribution >= 4 is 0 Å². The summed E-state index contributed by atoms with van der Waals surface area (Å²) in [4.78, 5) is 2.42. The van der Waals surface area contributed by atoms with E-state index >= 15 is 0 Å². The van der Waals surface area contributed by atoms with E-state index in [2.05, 4.69) is 24.1 Å². The number of likely N-dealkylation sites (N-methyl/N-ethyl adjacent to an activating group) is 1. The molecule has 0 unspecified atom stereocenters. The van der Waals surface area contributed by atoms with Crippen molar-refractivity contribution in [2.45, 2.75) is 18.4 Å². The Kier molecular flexibility index (Phi) is 0.662. The van der Waals surface area contributed by atoms with Gasteiger partial charge in [-0.15, -0.1) is 0 Å². The summed E-state index contributed by atoms with van der Waals surface area (Å²) in [5.74, 6) is 0. The topological polar surface area (TPSA) is 3.24 Å². The first-order chi connectivity index (χ1) is 3.83. The minimum Gasteiger partial charge on any atom is -0.294 e. The van der Waals surface area contributed by atoms with E-state index in [1.807, 2.05) is 0 Å². The van der Waals surface area contributed by atoms with E-state index in [4.69, 9.17) is 0 Å². The minimum absolute atomic E-state index is 0.486. The van der Waals surface area contributed by atoms with Crippen LogP contribution in [-0.2, 0) is 0 Å². The molecule has 0 aromatic rings. The normalized spacial score (nSPS) is 32.1. The van der Waals surface area contributed by atoms with Crippen molar-refractivity contribution in [2.24, 2.45) is 0 Å². The fraction of sp³-hybridized carbons (Fsp3) is 0.714. The van der Waals surface area contributed by atoms with Gasteiger partial charge in [-0.3, -0.25) is 4.90 Å². The lowest BCUT2D eigenvalue weighted by molar-refractivity contribution is 0.319. The second-order valence-electron chi connectivity index (χ2n) is 2.85. The molecule has 1 heteroatoms. The standard InChI is InChI=1S/C7H11N/c1-8-6-2-3-7(8)4-5-7/h4-5H,2-3,6H2,1H3. The van der Waals surface area contributed by atoms with Crippen molar-refractivity contribution in [3.8, 4) is 0 Å². The highest BCUT2D eigenvalue weighted by atomic mass is 15.2. The van der Waals surface area contributed by atoms with Crippen molar-refractivity contribution in [3.05, 3.63) is 12.2 Å². The summed E-state index contributed by atoms with van der Waals surface area (Å²) in [5, 5.41) is 0. The zero-order valence-electron chi connectivity index (χ0n) is 5.22. The predicted molar refractivity (Wildman–Crippen MR) is 33.7 cm³/mol. The SMILES string of the molecule is CN1CCCC12C=C2. The van der Waals surface area contributed by atoms with Crippen LogP contribution in [0.1, 0.15) is 12.8 Å². The molecule has 1 saturated heterocycles. The van der Waals surface area contributed by atoms with E-state index < -0.39 is 0 Å². The van der Waals surface area contributed by atoms with Gasteiger partial charge in [-0.25, -0.2) is 0 Å². The Hall–Kier alpha value is -0.300. The molecule has 1 fully saturated rings. The summed E-state index contributed by atoms with van der Waals surface area (Å²) in [7, 11) is 2.20. The van der Waals surface area contributed by atoms with Gasteiger partial charge in [0.1, 0.15) is 0 Å². The maximum Gasteiger partial charge on any atom is 0.0574 e. The molecule has 1 aliphatic heterocycles.